The van der Waals surface area contributed by atoms with E-state index in [2.05, 4.69) is 5.32 Å². The quantitative estimate of drug-likeness (QED) is 0.761. The van der Waals surface area contributed by atoms with Gasteiger partial charge in [-0.25, -0.2) is 8.78 Å². The number of primary amides is 1. The third-order valence-electron chi connectivity index (χ3n) is 3.56. The molecule has 1 aromatic rings. The Labute approximate surface area is 127 Å². The van der Waals surface area contributed by atoms with Crippen LogP contribution in [-0.2, 0) is 4.79 Å². The van der Waals surface area contributed by atoms with E-state index in [0.29, 0.717) is 12.5 Å². The van der Waals surface area contributed by atoms with Gasteiger partial charge in [0.2, 0.25) is 5.91 Å². The first-order valence-corrected chi connectivity index (χ1v) is 7.87. The molecule has 1 aromatic carbocycles. The van der Waals surface area contributed by atoms with Crippen molar-refractivity contribution in [1.82, 2.24) is 5.32 Å². The highest BCUT2D eigenvalue weighted by atomic mass is 32.2. The molecular weight excluding hydrogens is 294 g/mol. The van der Waals surface area contributed by atoms with E-state index >= 15 is 0 Å². The lowest BCUT2D eigenvalue weighted by Crippen LogP contribution is -2.55. The summed E-state index contributed by atoms with van der Waals surface area (Å²) in [5.41, 5.74) is 4.68. The second kappa shape index (κ2) is 6.32. The van der Waals surface area contributed by atoms with Crippen LogP contribution in [0.15, 0.2) is 23.1 Å². The number of hydrogen-bond donors (Lipinski definition) is 2. The molecule has 3 nitrogen and oxygen atoms in total. The van der Waals surface area contributed by atoms with Crippen molar-refractivity contribution in [2.75, 3.05) is 0 Å². The average molecular weight is 314 g/mol. The smallest absolute Gasteiger partial charge is 0.237 e. The zero-order valence-corrected chi connectivity index (χ0v) is 13.0. The molecule has 2 atom stereocenters. The monoisotopic (exact) mass is 314 g/mol. The molecule has 0 bridgehead atoms. The minimum Gasteiger partial charge on any atom is -0.368 e. The predicted octanol–water partition coefficient (Wildman–Crippen LogP) is 2.83. The number of carbonyl (C=O) groups excluding carboxylic acids is 1. The van der Waals surface area contributed by atoms with E-state index in [-0.39, 0.29) is 10.1 Å². The van der Waals surface area contributed by atoms with Crippen molar-refractivity contribution < 1.29 is 13.6 Å². The van der Waals surface area contributed by atoms with Gasteiger partial charge >= 0.3 is 0 Å². The van der Waals surface area contributed by atoms with Gasteiger partial charge in [0.1, 0.15) is 11.6 Å². The first-order valence-electron chi connectivity index (χ1n) is 6.99. The van der Waals surface area contributed by atoms with Crippen LogP contribution in [0.3, 0.4) is 0 Å². The summed E-state index contributed by atoms with van der Waals surface area (Å²) in [6.07, 6.45) is 2.55. The van der Waals surface area contributed by atoms with Crippen LogP contribution >= 0.6 is 11.8 Å². The van der Waals surface area contributed by atoms with E-state index in [9.17, 15) is 13.6 Å². The van der Waals surface area contributed by atoms with Gasteiger partial charge in [-0.05, 0) is 44.4 Å². The molecule has 2 rings (SSSR count). The van der Waals surface area contributed by atoms with Gasteiger partial charge < -0.3 is 11.1 Å². The molecule has 0 heterocycles. The van der Waals surface area contributed by atoms with Crippen LogP contribution < -0.4 is 11.1 Å². The topological polar surface area (TPSA) is 55.1 Å². The highest BCUT2D eigenvalue weighted by Crippen LogP contribution is 2.32. The lowest BCUT2D eigenvalue weighted by Gasteiger charge is -2.30. The van der Waals surface area contributed by atoms with Gasteiger partial charge in [-0.1, -0.05) is 6.92 Å². The van der Waals surface area contributed by atoms with Crippen molar-refractivity contribution in [2.24, 2.45) is 5.73 Å². The summed E-state index contributed by atoms with van der Waals surface area (Å²) < 4.78 is 26.8. The summed E-state index contributed by atoms with van der Waals surface area (Å²) >= 11 is 1.21. The Kier molecular flexibility index (Phi) is 4.88. The summed E-state index contributed by atoms with van der Waals surface area (Å²) in [5, 5.41) is 3.18. The first kappa shape index (κ1) is 16.2. The normalized spacial score (nSPS) is 19.0. The molecule has 0 saturated heterocycles. The number of halogens is 2. The van der Waals surface area contributed by atoms with Crippen LogP contribution in [0.25, 0.3) is 0 Å². The van der Waals surface area contributed by atoms with Gasteiger partial charge in [0.25, 0.3) is 0 Å². The van der Waals surface area contributed by atoms with E-state index < -0.39 is 23.1 Å². The molecule has 0 spiro atoms. The third kappa shape index (κ3) is 4.41. The number of thioether (sulfide) groups is 1. The maximum atomic E-state index is 13.6. The Balaban J connectivity index is 2.03. The molecule has 1 saturated carbocycles. The number of benzene rings is 1. The van der Waals surface area contributed by atoms with E-state index in [1.165, 1.54) is 17.8 Å². The van der Waals surface area contributed by atoms with Gasteiger partial charge in [0.15, 0.2) is 0 Å². The molecule has 3 N–H and O–H groups in total. The summed E-state index contributed by atoms with van der Waals surface area (Å²) in [6.45, 7) is 3.65. The van der Waals surface area contributed by atoms with Crippen LogP contribution in [0, 0.1) is 11.6 Å². The molecule has 21 heavy (non-hydrogen) atoms. The fourth-order valence-electron chi connectivity index (χ4n) is 2.31. The Morgan fingerprint density at radius 3 is 2.76 bits per heavy atom. The Bertz CT molecular complexity index is 536. The van der Waals surface area contributed by atoms with Crippen LogP contribution in [-0.4, -0.2) is 22.7 Å². The summed E-state index contributed by atoms with van der Waals surface area (Å²) in [4.78, 5) is 12.0. The maximum Gasteiger partial charge on any atom is 0.237 e. The number of carbonyl (C=O) groups is 1. The van der Waals surface area contributed by atoms with Crippen molar-refractivity contribution in [2.45, 2.75) is 54.8 Å². The minimum absolute atomic E-state index is 0.0787. The van der Waals surface area contributed by atoms with Gasteiger partial charge in [-0.3, -0.25) is 4.79 Å². The Morgan fingerprint density at radius 2 is 2.19 bits per heavy atom. The highest BCUT2D eigenvalue weighted by Gasteiger charge is 2.38. The van der Waals surface area contributed by atoms with E-state index in [1.54, 1.807) is 6.92 Å². The fourth-order valence-corrected chi connectivity index (χ4v) is 3.52. The number of nitrogens with one attached hydrogen (secondary N) is 1. The van der Waals surface area contributed by atoms with Gasteiger partial charge in [0.05, 0.1) is 5.54 Å². The first-order chi connectivity index (χ1) is 9.80. The van der Waals surface area contributed by atoms with E-state index in [1.807, 2.05) is 6.92 Å². The number of rotatable bonds is 7. The fraction of sp³-hybridized carbons (Fsp3) is 0.533. The standard InChI is InChI=1S/C15H20F2N2OS/c1-9(21-13-7-10(16)3-6-12(13)17)8-15(2,14(18)20)19-11-4-5-11/h3,6-7,9,11,19H,4-5,8H2,1-2H3,(H2,18,20). The van der Waals surface area contributed by atoms with Crippen molar-refractivity contribution in [3.05, 3.63) is 29.8 Å². The number of hydrogen-bond acceptors (Lipinski definition) is 3. The molecule has 1 amide bonds. The molecule has 1 aliphatic rings. The molecule has 0 aromatic heterocycles. The van der Waals surface area contributed by atoms with Crippen molar-refractivity contribution in [1.29, 1.82) is 0 Å². The average Bonchev–Trinajstić information content (AvgIpc) is 3.17. The number of amides is 1. The third-order valence-corrected chi connectivity index (χ3v) is 4.70. The van der Waals surface area contributed by atoms with Gasteiger partial charge in [0, 0.05) is 16.2 Å². The number of nitrogens with two attached hydrogens (primary N) is 1. The van der Waals surface area contributed by atoms with Gasteiger partial charge in [-0.2, -0.15) is 0 Å². The zero-order chi connectivity index (χ0) is 15.6. The lowest BCUT2D eigenvalue weighted by atomic mass is 9.95. The van der Waals surface area contributed by atoms with Crippen molar-refractivity contribution >= 4 is 17.7 Å². The molecule has 1 aliphatic carbocycles. The van der Waals surface area contributed by atoms with Gasteiger partial charge in [-0.15, -0.1) is 11.8 Å². The van der Waals surface area contributed by atoms with Crippen LogP contribution in [0.2, 0.25) is 0 Å². The molecule has 1 fully saturated rings. The zero-order valence-electron chi connectivity index (χ0n) is 12.2. The van der Waals surface area contributed by atoms with Crippen molar-refractivity contribution in [3.63, 3.8) is 0 Å². The maximum absolute atomic E-state index is 13.6. The van der Waals surface area contributed by atoms with Crippen molar-refractivity contribution in [3.8, 4) is 0 Å². The second-order valence-corrected chi connectivity index (χ2v) is 7.30. The SMILES string of the molecule is CC(CC(C)(NC1CC1)C(N)=O)Sc1cc(F)ccc1F. The predicted molar refractivity (Wildman–Crippen MR) is 80.1 cm³/mol. The summed E-state index contributed by atoms with van der Waals surface area (Å²) in [5.74, 6) is -1.34. The molecular formula is C15H20F2N2OS. The minimum atomic E-state index is -0.822. The van der Waals surface area contributed by atoms with Crippen LogP contribution in [0.5, 0.6) is 0 Å². The van der Waals surface area contributed by atoms with E-state index in [0.717, 1.165) is 25.0 Å². The molecule has 116 valence electrons. The summed E-state index contributed by atoms with van der Waals surface area (Å²) in [6, 6.07) is 3.71. The Morgan fingerprint density at radius 1 is 1.52 bits per heavy atom. The molecule has 2 unspecified atom stereocenters. The molecule has 6 heteroatoms. The molecule has 0 radical (unpaired) electrons. The molecule has 0 aliphatic heterocycles. The Hall–Kier alpha value is -1.14. The van der Waals surface area contributed by atoms with Crippen LogP contribution in [0.4, 0.5) is 8.78 Å². The lowest BCUT2D eigenvalue weighted by molar-refractivity contribution is -0.124. The largest absolute Gasteiger partial charge is 0.368 e. The van der Waals surface area contributed by atoms with Crippen LogP contribution in [0.1, 0.15) is 33.1 Å². The van der Waals surface area contributed by atoms with E-state index in [4.69, 9.17) is 5.73 Å². The second-order valence-electron chi connectivity index (χ2n) is 5.82. The summed E-state index contributed by atoms with van der Waals surface area (Å²) in [7, 11) is 0. The highest BCUT2D eigenvalue weighted by molar-refractivity contribution is 8.00.